The number of sulfone groups is 1. The first kappa shape index (κ1) is 16.0. The standard InChI is InChI=1S/C15H30O2S/c1-10(2)9-13-14(18(6,16)17)8-7-12(5)15(13)11(3)4/h10-15H,7-9H2,1-6H3. The summed E-state index contributed by atoms with van der Waals surface area (Å²) in [7, 11) is -2.91. The highest BCUT2D eigenvalue weighted by atomic mass is 32.2. The molecule has 0 radical (unpaired) electrons. The Balaban J connectivity index is 3.05. The van der Waals surface area contributed by atoms with E-state index in [-0.39, 0.29) is 5.25 Å². The molecule has 1 rings (SSSR count). The van der Waals surface area contributed by atoms with Crippen LogP contribution < -0.4 is 0 Å². The highest BCUT2D eigenvalue weighted by Gasteiger charge is 2.43. The fourth-order valence-corrected chi connectivity index (χ4v) is 5.53. The lowest BCUT2D eigenvalue weighted by Gasteiger charge is -2.44. The molecule has 0 saturated heterocycles. The van der Waals surface area contributed by atoms with E-state index in [2.05, 4.69) is 34.6 Å². The average molecular weight is 274 g/mol. The third-order valence-electron chi connectivity index (χ3n) is 4.60. The summed E-state index contributed by atoms with van der Waals surface area (Å²) in [4.78, 5) is 0. The molecule has 0 amide bonds. The lowest BCUT2D eigenvalue weighted by Crippen LogP contribution is -2.43. The highest BCUT2D eigenvalue weighted by Crippen LogP contribution is 2.44. The Hall–Kier alpha value is -0.0500. The van der Waals surface area contributed by atoms with E-state index in [0.29, 0.717) is 29.6 Å². The van der Waals surface area contributed by atoms with Crippen LogP contribution in [-0.4, -0.2) is 19.9 Å². The molecule has 3 heteroatoms. The SMILES string of the molecule is CC(C)CC1C(C(C)C)C(C)CCC1S(C)(=O)=O. The van der Waals surface area contributed by atoms with E-state index in [1.165, 1.54) is 6.26 Å². The van der Waals surface area contributed by atoms with Gasteiger partial charge in [0.25, 0.3) is 0 Å². The Morgan fingerprint density at radius 2 is 1.67 bits per heavy atom. The van der Waals surface area contributed by atoms with Gasteiger partial charge in [0.15, 0.2) is 9.84 Å². The van der Waals surface area contributed by atoms with E-state index >= 15 is 0 Å². The summed E-state index contributed by atoms with van der Waals surface area (Å²) in [5.41, 5.74) is 0. The zero-order valence-electron chi connectivity index (χ0n) is 12.8. The molecule has 1 aliphatic carbocycles. The molecule has 0 aromatic rings. The number of hydrogen-bond acceptors (Lipinski definition) is 2. The van der Waals surface area contributed by atoms with Crippen molar-refractivity contribution in [3.8, 4) is 0 Å². The van der Waals surface area contributed by atoms with Crippen molar-refractivity contribution in [2.24, 2.45) is 29.6 Å². The van der Waals surface area contributed by atoms with Crippen molar-refractivity contribution >= 4 is 9.84 Å². The number of hydrogen-bond donors (Lipinski definition) is 0. The van der Waals surface area contributed by atoms with Gasteiger partial charge in [-0.15, -0.1) is 0 Å². The summed E-state index contributed by atoms with van der Waals surface area (Å²) in [5.74, 6) is 2.72. The van der Waals surface area contributed by atoms with Crippen molar-refractivity contribution in [2.45, 2.75) is 59.1 Å². The fraction of sp³-hybridized carbons (Fsp3) is 1.00. The topological polar surface area (TPSA) is 34.1 Å². The maximum Gasteiger partial charge on any atom is 0.150 e. The molecular weight excluding hydrogens is 244 g/mol. The Morgan fingerprint density at radius 3 is 2.06 bits per heavy atom. The van der Waals surface area contributed by atoms with Crippen molar-refractivity contribution in [1.29, 1.82) is 0 Å². The third kappa shape index (κ3) is 3.72. The molecule has 0 aromatic carbocycles. The predicted molar refractivity (Wildman–Crippen MR) is 78.3 cm³/mol. The summed E-state index contributed by atoms with van der Waals surface area (Å²) in [5, 5.41) is -0.108. The van der Waals surface area contributed by atoms with Crippen LogP contribution >= 0.6 is 0 Å². The summed E-state index contributed by atoms with van der Waals surface area (Å²) in [6, 6.07) is 0. The smallest absolute Gasteiger partial charge is 0.150 e. The molecule has 1 fully saturated rings. The molecule has 108 valence electrons. The van der Waals surface area contributed by atoms with Crippen LogP contribution in [0, 0.1) is 29.6 Å². The summed E-state index contributed by atoms with van der Waals surface area (Å²) >= 11 is 0. The monoisotopic (exact) mass is 274 g/mol. The zero-order chi connectivity index (χ0) is 14.1. The maximum absolute atomic E-state index is 12.1. The average Bonchev–Trinajstić information content (AvgIpc) is 2.13. The minimum Gasteiger partial charge on any atom is -0.229 e. The van der Waals surface area contributed by atoms with Crippen molar-refractivity contribution in [3.05, 3.63) is 0 Å². The van der Waals surface area contributed by atoms with Crippen LogP contribution in [0.1, 0.15) is 53.9 Å². The van der Waals surface area contributed by atoms with Crippen molar-refractivity contribution in [3.63, 3.8) is 0 Å². The Morgan fingerprint density at radius 1 is 1.11 bits per heavy atom. The van der Waals surface area contributed by atoms with Gasteiger partial charge in [0, 0.05) is 6.26 Å². The van der Waals surface area contributed by atoms with Crippen LogP contribution in [0.25, 0.3) is 0 Å². The summed E-state index contributed by atoms with van der Waals surface area (Å²) in [6.45, 7) is 11.2. The Labute approximate surface area is 113 Å². The van der Waals surface area contributed by atoms with Gasteiger partial charge in [0.05, 0.1) is 5.25 Å². The number of rotatable bonds is 4. The molecule has 0 heterocycles. The first-order chi connectivity index (χ1) is 8.14. The van der Waals surface area contributed by atoms with Crippen LogP contribution in [0.2, 0.25) is 0 Å². The molecule has 0 aliphatic heterocycles. The van der Waals surface area contributed by atoms with E-state index < -0.39 is 9.84 Å². The van der Waals surface area contributed by atoms with Gasteiger partial charge in [-0.05, 0) is 48.9 Å². The second-order valence-electron chi connectivity index (χ2n) is 7.04. The third-order valence-corrected chi connectivity index (χ3v) is 6.28. The zero-order valence-corrected chi connectivity index (χ0v) is 13.6. The van der Waals surface area contributed by atoms with Crippen molar-refractivity contribution < 1.29 is 8.42 Å². The lowest BCUT2D eigenvalue weighted by atomic mass is 9.65. The molecule has 4 unspecified atom stereocenters. The molecule has 0 spiro atoms. The highest BCUT2D eigenvalue weighted by molar-refractivity contribution is 7.91. The quantitative estimate of drug-likeness (QED) is 0.782. The Bertz CT molecular complexity index is 357. The van der Waals surface area contributed by atoms with Crippen LogP contribution in [-0.2, 0) is 9.84 Å². The molecule has 1 saturated carbocycles. The molecular formula is C15H30O2S. The van der Waals surface area contributed by atoms with E-state index in [9.17, 15) is 8.42 Å². The first-order valence-corrected chi connectivity index (χ1v) is 9.28. The fourth-order valence-electron chi connectivity index (χ4n) is 4.04. The minimum atomic E-state index is -2.91. The van der Waals surface area contributed by atoms with Crippen LogP contribution in [0.3, 0.4) is 0 Å². The van der Waals surface area contributed by atoms with Crippen LogP contribution in [0.4, 0.5) is 0 Å². The minimum absolute atomic E-state index is 0.108. The molecule has 0 bridgehead atoms. The van der Waals surface area contributed by atoms with Gasteiger partial charge in [-0.2, -0.15) is 0 Å². The molecule has 0 aromatic heterocycles. The van der Waals surface area contributed by atoms with Gasteiger partial charge in [0.2, 0.25) is 0 Å². The largest absolute Gasteiger partial charge is 0.229 e. The summed E-state index contributed by atoms with van der Waals surface area (Å²) in [6.07, 6.45) is 4.40. The molecule has 4 atom stereocenters. The second kappa shape index (κ2) is 5.94. The Kier molecular flexibility index (Phi) is 5.28. The molecule has 18 heavy (non-hydrogen) atoms. The van der Waals surface area contributed by atoms with Gasteiger partial charge in [-0.3, -0.25) is 0 Å². The van der Waals surface area contributed by atoms with Gasteiger partial charge in [-0.25, -0.2) is 8.42 Å². The molecule has 2 nitrogen and oxygen atoms in total. The lowest BCUT2D eigenvalue weighted by molar-refractivity contribution is 0.103. The van der Waals surface area contributed by atoms with E-state index in [0.717, 1.165) is 19.3 Å². The van der Waals surface area contributed by atoms with Crippen molar-refractivity contribution in [2.75, 3.05) is 6.26 Å². The van der Waals surface area contributed by atoms with Crippen molar-refractivity contribution in [1.82, 2.24) is 0 Å². The normalized spacial score (nSPS) is 34.2. The van der Waals surface area contributed by atoms with E-state index in [4.69, 9.17) is 0 Å². The van der Waals surface area contributed by atoms with Gasteiger partial charge >= 0.3 is 0 Å². The van der Waals surface area contributed by atoms with Gasteiger partial charge in [-0.1, -0.05) is 34.6 Å². The van der Waals surface area contributed by atoms with E-state index in [1.54, 1.807) is 0 Å². The maximum atomic E-state index is 12.1. The van der Waals surface area contributed by atoms with Crippen LogP contribution in [0.5, 0.6) is 0 Å². The van der Waals surface area contributed by atoms with Gasteiger partial charge in [0.1, 0.15) is 0 Å². The van der Waals surface area contributed by atoms with E-state index in [1.807, 2.05) is 0 Å². The van der Waals surface area contributed by atoms with Gasteiger partial charge < -0.3 is 0 Å². The predicted octanol–water partition coefficient (Wildman–Crippen LogP) is 3.76. The summed E-state index contributed by atoms with van der Waals surface area (Å²) < 4.78 is 24.1. The van der Waals surface area contributed by atoms with Crippen LogP contribution in [0.15, 0.2) is 0 Å². The molecule has 0 N–H and O–H groups in total. The first-order valence-electron chi connectivity index (χ1n) is 7.33. The second-order valence-corrected chi connectivity index (χ2v) is 9.30. The molecule has 1 aliphatic rings.